The Kier molecular flexibility index (Phi) is 4.65. The monoisotopic (exact) mass is 286 g/mol. The van der Waals surface area contributed by atoms with Gasteiger partial charge in [-0.2, -0.15) is 13.2 Å². The van der Waals surface area contributed by atoms with Gasteiger partial charge in [-0.3, -0.25) is 4.79 Å². The molecule has 0 fully saturated rings. The summed E-state index contributed by atoms with van der Waals surface area (Å²) in [6.07, 6.45) is -6.18. The molecule has 0 amide bonds. The zero-order valence-corrected chi connectivity index (χ0v) is 9.86. The Morgan fingerprint density at radius 3 is 2.47 bits per heavy atom. The number of esters is 1. The Balaban J connectivity index is 2.53. The molecule has 0 aliphatic heterocycles. The van der Waals surface area contributed by atoms with Gasteiger partial charge in [0.25, 0.3) is 0 Å². The number of ether oxygens (including phenoxy) is 1. The molecule has 0 aromatic heterocycles. The van der Waals surface area contributed by atoms with Crippen LogP contribution in [-0.4, -0.2) is 12.1 Å². The van der Waals surface area contributed by atoms with Crippen LogP contribution in [-0.2, 0) is 16.1 Å². The van der Waals surface area contributed by atoms with Crippen LogP contribution in [0.5, 0.6) is 0 Å². The number of halogens is 5. The lowest BCUT2D eigenvalue weighted by Crippen LogP contribution is -2.17. The van der Waals surface area contributed by atoms with Gasteiger partial charge in [0.1, 0.15) is 13.0 Å². The van der Waals surface area contributed by atoms with Gasteiger partial charge in [0.05, 0.1) is 0 Å². The van der Waals surface area contributed by atoms with E-state index in [1.165, 1.54) is 18.2 Å². The predicted octanol–water partition coefficient (Wildman–Crippen LogP) is 3.99. The van der Waals surface area contributed by atoms with E-state index in [0.717, 1.165) is 0 Å². The van der Waals surface area contributed by atoms with Gasteiger partial charge in [-0.1, -0.05) is 29.3 Å². The smallest absolute Gasteiger partial charge is 0.399 e. The minimum atomic E-state index is -4.57. The van der Waals surface area contributed by atoms with Gasteiger partial charge in [0.2, 0.25) is 0 Å². The molecule has 94 valence electrons. The zero-order chi connectivity index (χ0) is 13.1. The first-order valence-electron chi connectivity index (χ1n) is 4.44. The standard InChI is InChI=1S/C10H7Cl2F3O2/c11-7-2-1-6(8(12)3-7)5-17-9(16)4-10(13,14)15/h1-3H,4-5H2. The van der Waals surface area contributed by atoms with Crippen LogP contribution in [0.1, 0.15) is 12.0 Å². The van der Waals surface area contributed by atoms with Crippen LogP contribution >= 0.6 is 23.2 Å². The minimum absolute atomic E-state index is 0.234. The molecule has 0 bridgehead atoms. The Morgan fingerprint density at radius 1 is 1.29 bits per heavy atom. The third-order valence-corrected chi connectivity index (χ3v) is 2.34. The molecule has 0 N–H and O–H groups in total. The quantitative estimate of drug-likeness (QED) is 0.786. The average Bonchev–Trinajstić information content (AvgIpc) is 2.13. The van der Waals surface area contributed by atoms with Gasteiger partial charge in [-0.15, -0.1) is 0 Å². The van der Waals surface area contributed by atoms with E-state index in [1.807, 2.05) is 0 Å². The molecule has 1 aromatic rings. The molecule has 0 unspecified atom stereocenters. The maximum atomic E-state index is 11.8. The predicted molar refractivity (Wildman–Crippen MR) is 56.9 cm³/mol. The summed E-state index contributed by atoms with van der Waals surface area (Å²) >= 11 is 11.4. The summed E-state index contributed by atoms with van der Waals surface area (Å²) in [4.78, 5) is 10.8. The summed E-state index contributed by atoms with van der Waals surface area (Å²) in [6.45, 7) is -0.315. The normalized spacial score (nSPS) is 11.4. The van der Waals surface area contributed by atoms with Gasteiger partial charge in [0.15, 0.2) is 0 Å². The molecule has 0 aliphatic carbocycles. The highest BCUT2D eigenvalue weighted by Gasteiger charge is 2.32. The first-order valence-corrected chi connectivity index (χ1v) is 5.20. The minimum Gasteiger partial charge on any atom is -0.461 e. The lowest BCUT2D eigenvalue weighted by Gasteiger charge is -2.08. The van der Waals surface area contributed by atoms with Crippen LogP contribution in [0.2, 0.25) is 10.0 Å². The van der Waals surface area contributed by atoms with Crippen LogP contribution in [0.25, 0.3) is 0 Å². The molecule has 7 heteroatoms. The van der Waals surface area contributed by atoms with Crippen molar-refractivity contribution < 1.29 is 22.7 Å². The third-order valence-electron chi connectivity index (χ3n) is 1.75. The van der Waals surface area contributed by atoms with Crippen LogP contribution in [0.3, 0.4) is 0 Å². The summed E-state index contributed by atoms with van der Waals surface area (Å²) < 4.78 is 39.9. The SMILES string of the molecule is O=C(CC(F)(F)F)OCc1ccc(Cl)cc1Cl. The molecule has 1 rings (SSSR count). The van der Waals surface area contributed by atoms with E-state index in [4.69, 9.17) is 23.2 Å². The first kappa shape index (κ1) is 14.1. The molecule has 1 aromatic carbocycles. The van der Waals surface area contributed by atoms with Crippen molar-refractivity contribution in [3.63, 3.8) is 0 Å². The molecule has 0 aliphatic rings. The summed E-state index contributed by atoms with van der Waals surface area (Å²) in [5, 5.41) is 0.623. The van der Waals surface area contributed by atoms with Crippen molar-refractivity contribution in [1.82, 2.24) is 0 Å². The van der Waals surface area contributed by atoms with Crippen LogP contribution in [0.15, 0.2) is 18.2 Å². The molecule has 0 spiro atoms. The summed E-state index contributed by atoms with van der Waals surface area (Å²) in [5.74, 6) is -1.34. The Morgan fingerprint density at radius 2 is 1.94 bits per heavy atom. The number of hydrogen-bond acceptors (Lipinski definition) is 2. The lowest BCUT2D eigenvalue weighted by molar-refractivity contribution is -0.172. The van der Waals surface area contributed by atoms with Crippen molar-refractivity contribution in [2.45, 2.75) is 19.2 Å². The Bertz CT molecular complexity index is 419. The number of carbonyl (C=O) groups is 1. The third kappa shape index (κ3) is 5.28. The van der Waals surface area contributed by atoms with Gasteiger partial charge >= 0.3 is 12.1 Å². The molecular formula is C10H7Cl2F3O2. The fourth-order valence-electron chi connectivity index (χ4n) is 1.01. The Hall–Kier alpha value is -0.940. The molecule has 0 heterocycles. The van der Waals surface area contributed by atoms with Crippen LogP contribution in [0.4, 0.5) is 13.2 Å². The number of benzene rings is 1. The molecular weight excluding hydrogens is 280 g/mol. The first-order chi connectivity index (χ1) is 7.78. The molecule has 0 atom stereocenters. The van der Waals surface area contributed by atoms with Crippen LogP contribution in [0, 0.1) is 0 Å². The van der Waals surface area contributed by atoms with Crippen LogP contribution < -0.4 is 0 Å². The van der Waals surface area contributed by atoms with E-state index in [9.17, 15) is 18.0 Å². The summed E-state index contributed by atoms with van der Waals surface area (Å²) in [7, 11) is 0. The summed E-state index contributed by atoms with van der Waals surface area (Å²) in [6, 6.07) is 4.39. The summed E-state index contributed by atoms with van der Waals surface area (Å²) in [5.41, 5.74) is 0.395. The lowest BCUT2D eigenvalue weighted by atomic mass is 10.2. The molecule has 0 saturated carbocycles. The van der Waals surface area contributed by atoms with Crippen molar-refractivity contribution in [3.05, 3.63) is 33.8 Å². The van der Waals surface area contributed by atoms with Gasteiger partial charge < -0.3 is 4.74 Å². The van der Waals surface area contributed by atoms with Gasteiger partial charge in [-0.25, -0.2) is 0 Å². The fourth-order valence-corrected chi connectivity index (χ4v) is 1.47. The largest absolute Gasteiger partial charge is 0.461 e. The second-order valence-electron chi connectivity index (χ2n) is 3.19. The zero-order valence-electron chi connectivity index (χ0n) is 8.35. The van der Waals surface area contributed by atoms with E-state index in [-0.39, 0.29) is 11.6 Å². The fraction of sp³-hybridized carbons (Fsp3) is 0.300. The maximum absolute atomic E-state index is 11.8. The highest BCUT2D eigenvalue weighted by atomic mass is 35.5. The second kappa shape index (κ2) is 5.60. The molecule has 17 heavy (non-hydrogen) atoms. The van der Waals surface area contributed by atoms with Crippen molar-refractivity contribution >= 4 is 29.2 Å². The number of rotatable bonds is 3. The van der Waals surface area contributed by atoms with Crippen molar-refractivity contribution in [1.29, 1.82) is 0 Å². The number of alkyl halides is 3. The van der Waals surface area contributed by atoms with E-state index >= 15 is 0 Å². The van der Waals surface area contributed by atoms with Crippen molar-refractivity contribution in [2.24, 2.45) is 0 Å². The highest BCUT2D eigenvalue weighted by Crippen LogP contribution is 2.23. The van der Waals surface area contributed by atoms with E-state index in [2.05, 4.69) is 4.74 Å². The molecule has 2 nitrogen and oxygen atoms in total. The molecule has 0 radical (unpaired) electrons. The number of hydrogen-bond donors (Lipinski definition) is 0. The second-order valence-corrected chi connectivity index (χ2v) is 4.03. The maximum Gasteiger partial charge on any atom is 0.399 e. The van der Waals surface area contributed by atoms with Crippen molar-refractivity contribution in [2.75, 3.05) is 0 Å². The van der Waals surface area contributed by atoms with Crippen molar-refractivity contribution in [3.8, 4) is 0 Å². The van der Waals surface area contributed by atoms with E-state index < -0.39 is 18.6 Å². The highest BCUT2D eigenvalue weighted by molar-refractivity contribution is 6.35. The van der Waals surface area contributed by atoms with E-state index in [1.54, 1.807) is 0 Å². The van der Waals surface area contributed by atoms with Gasteiger partial charge in [-0.05, 0) is 12.1 Å². The van der Waals surface area contributed by atoms with Gasteiger partial charge in [0, 0.05) is 15.6 Å². The number of carbonyl (C=O) groups excluding carboxylic acids is 1. The van der Waals surface area contributed by atoms with E-state index in [0.29, 0.717) is 10.6 Å². The average molecular weight is 287 g/mol. The molecule has 0 saturated heterocycles. The topological polar surface area (TPSA) is 26.3 Å². The Labute approximate surface area is 105 Å².